The van der Waals surface area contributed by atoms with Gasteiger partial charge in [-0.05, 0) is 50.0 Å². The summed E-state index contributed by atoms with van der Waals surface area (Å²) in [6.45, 7) is 3.23. The van der Waals surface area contributed by atoms with E-state index in [0.717, 1.165) is 19.5 Å². The normalized spacial score (nSPS) is 21.6. The van der Waals surface area contributed by atoms with Gasteiger partial charge < -0.3 is 10.8 Å². The van der Waals surface area contributed by atoms with E-state index in [2.05, 4.69) is 4.90 Å². The van der Waals surface area contributed by atoms with Crippen molar-refractivity contribution in [2.24, 2.45) is 11.7 Å². The highest BCUT2D eigenvalue weighted by Crippen LogP contribution is 2.23. The van der Waals surface area contributed by atoms with Crippen LogP contribution in [-0.4, -0.2) is 29.6 Å². The molecular weight excluding hydrogens is 219 g/mol. The molecule has 94 valence electrons. The monoisotopic (exact) mass is 238 g/mol. The van der Waals surface area contributed by atoms with Crippen LogP contribution in [0.1, 0.15) is 18.4 Å². The number of phenolic OH excluding ortho intramolecular Hbond substituents is 1. The Bertz CT molecular complexity index is 384. The molecule has 0 radical (unpaired) electrons. The Morgan fingerprint density at radius 1 is 1.47 bits per heavy atom. The van der Waals surface area contributed by atoms with Gasteiger partial charge in [-0.2, -0.15) is 0 Å². The van der Waals surface area contributed by atoms with Crippen molar-refractivity contribution in [2.45, 2.75) is 19.4 Å². The van der Waals surface area contributed by atoms with E-state index in [9.17, 15) is 9.50 Å². The molecule has 0 aliphatic carbocycles. The van der Waals surface area contributed by atoms with Crippen molar-refractivity contribution in [1.29, 1.82) is 0 Å². The van der Waals surface area contributed by atoms with Crippen LogP contribution >= 0.6 is 0 Å². The Hall–Kier alpha value is -1.13. The van der Waals surface area contributed by atoms with Gasteiger partial charge in [0, 0.05) is 18.7 Å². The van der Waals surface area contributed by atoms with Crippen molar-refractivity contribution in [1.82, 2.24) is 4.90 Å². The number of hydrogen-bond donors (Lipinski definition) is 2. The summed E-state index contributed by atoms with van der Waals surface area (Å²) in [7, 11) is 0. The van der Waals surface area contributed by atoms with Crippen molar-refractivity contribution in [2.75, 3.05) is 19.6 Å². The van der Waals surface area contributed by atoms with E-state index in [1.54, 1.807) is 0 Å². The molecule has 1 aromatic rings. The molecule has 0 amide bonds. The zero-order valence-corrected chi connectivity index (χ0v) is 9.90. The van der Waals surface area contributed by atoms with Gasteiger partial charge in [0.2, 0.25) is 0 Å². The molecule has 3 nitrogen and oxygen atoms in total. The van der Waals surface area contributed by atoms with Crippen LogP contribution < -0.4 is 5.73 Å². The van der Waals surface area contributed by atoms with Gasteiger partial charge in [-0.25, -0.2) is 4.39 Å². The first kappa shape index (κ1) is 12.3. The lowest BCUT2D eigenvalue weighted by atomic mass is 9.98. The van der Waals surface area contributed by atoms with E-state index in [4.69, 9.17) is 5.73 Å². The van der Waals surface area contributed by atoms with Crippen molar-refractivity contribution in [3.63, 3.8) is 0 Å². The molecule has 1 unspecified atom stereocenters. The van der Waals surface area contributed by atoms with Gasteiger partial charge in [-0.15, -0.1) is 0 Å². The highest BCUT2D eigenvalue weighted by molar-refractivity contribution is 5.32. The number of halogens is 1. The summed E-state index contributed by atoms with van der Waals surface area (Å²) in [5, 5.41) is 9.67. The third kappa shape index (κ3) is 3.17. The zero-order chi connectivity index (χ0) is 12.3. The quantitative estimate of drug-likeness (QED) is 0.842. The molecule has 1 saturated heterocycles. The molecule has 0 spiro atoms. The maximum absolute atomic E-state index is 13.1. The average molecular weight is 238 g/mol. The Labute approximate surface area is 101 Å². The summed E-state index contributed by atoms with van der Waals surface area (Å²) in [5.41, 5.74) is 6.33. The number of nitrogens with two attached hydrogens (primary N) is 1. The first-order valence-electron chi connectivity index (χ1n) is 6.09. The lowest BCUT2D eigenvalue weighted by Crippen LogP contribution is -2.37. The number of nitrogens with zero attached hydrogens (tertiary/aromatic N) is 1. The van der Waals surface area contributed by atoms with Gasteiger partial charge in [-0.1, -0.05) is 0 Å². The van der Waals surface area contributed by atoms with E-state index >= 15 is 0 Å². The molecule has 3 N–H and O–H groups in total. The number of phenols is 1. The van der Waals surface area contributed by atoms with Gasteiger partial charge in [0.15, 0.2) is 0 Å². The first-order valence-corrected chi connectivity index (χ1v) is 6.09. The second-order valence-electron chi connectivity index (χ2n) is 4.75. The number of aromatic hydroxyl groups is 1. The van der Waals surface area contributed by atoms with Crippen LogP contribution in [0.15, 0.2) is 18.2 Å². The highest BCUT2D eigenvalue weighted by atomic mass is 19.1. The Balaban J connectivity index is 2.02. The predicted octanol–water partition coefficient (Wildman–Crippen LogP) is 1.70. The minimum atomic E-state index is -0.301. The molecular formula is C13H19FN2O. The smallest absolute Gasteiger partial charge is 0.123 e. The van der Waals surface area contributed by atoms with Gasteiger partial charge in [0.05, 0.1) is 0 Å². The molecule has 0 saturated carbocycles. The third-order valence-corrected chi connectivity index (χ3v) is 3.37. The fraction of sp³-hybridized carbons (Fsp3) is 0.538. The largest absolute Gasteiger partial charge is 0.508 e. The maximum Gasteiger partial charge on any atom is 0.123 e. The minimum Gasteiger partial charge on any atom is -0.508 e. The van der Waals surface area contributed by atoms with Crippen molar-refractivity contribution in [3.05, 3.63) is 29.6 Å². The minimum absolute atomic E-state index is 0.168. The molecule has 1 fully saturated rings. The molecule has 1 aliphatic rings. The lowest BCUT2D eigenvalue weighted by molar-refractivity contribution is 0.169. The van der Waals surface area contributed by atoms with Gasteiger partial charge >= 0.3 is 0 Å². The number of likely N-dealkylation sites (tertiary alicyclic amines) is 1. The Morgan fingerprint density at radius 2 is 2.29 bits per heavy atom. The summed E-state index contributed by atoms with van der Waals surface area (Å²) in [4.78, 5) is 2.23. The number of rotatable bonds is 3. The Kier molecular flexibility index (Phi) is 3.97. The average Bonchev–Trinajstić information content (AvgIpc) is 2.34. The van der Waals surface area contributed by atoms with Crippen LogP contribution in [0.4, 0.5) is 4.39 Å². The van der Waals surface area contributed by atoms with Crippen LogP contribution in [-0.2, 0) is 6.54 Å². The molecule has 1 aliphatic heterocycles. The van der Waals surface area contributed by atoms with Gasteiger partial charge in [-0.3, -0.25) is 4.90 Å². The molecule has 0 aromatic heterocycles. The fourth-order valence-corrected chi connectivity index (χ4v) is 2.41. The Morgan fingerprint density at radius 3 is 3.06 bits per heavy atom. The number of piperidine rings is 1. The molecule has 1 atom stereocenters. The van der Waals surface area contributed by atoms with E-state index in [-0.39, 0.29) is 11.6 Å². The van der Waals surface area contributed by atoms with Crippen LogP contribution in [0, 0.1) is 11.7 Å². The van der Waals surface area contributed by atoms with Gasteiger partial charge in [0.1, 0.15) is 11.6 Å². The second-order valence-corrected chi connectivity index (χ2v) is 4.75. The summed E-state index contributed by atoms with van der Waals surface area (Å²) in [6, 6.07) is 4.09. The number of benzene rings is 1. The second kappa shape index (κ2) is 5.47. The topological polar surface area (TPSA) is 49.5 Å². The maximum atomic E-state index is 13.1. The van der Waals surface area contributed by atoms with E-state index < -0.39 is 0 Å². The lowest BCUT2D eigenvalue weighted by Gasteiger charge is -2.32. The highest BCUT2D eigenvalue weighted by Gasteiger charge is 2.19. The van der Waals surface area contributed by atoms with E-state index in [1.165, 1.54) is 24.6 Å². The standard InChI is InChI=1S/C13H19FN2O/c14-12-3-4-13(17)11(6-12)9-16-5-1-2-10(7-15)8-16/h3-4,6,10,17H,1-2,5,7-9,15H2. The molecule has 0 bridgehead atoms. The van der Waals surface area contributed by atoms with Crippen LogP contribution in [0.5, 0.6) is 5.75 Å². The van der Waals surface area contributed by atoms with Gasteiger partial charge in [0.25, 0.3) is 0 Å². The van der Waals surface area contributed by atoms with Crippen molar-refractivity contribution in [3.8, 4) is 5.75 Å². The van der Waals surface area contributed by atoms with Crippen LogP contribution in [0.2, 0.25) is 0 Å². The number of hydrogen-bond acceptors (Lipinski definition) is 3. The molecule has 4 heteroatoms. The molecule has 17 heavy (non-hydrogen) atoms. The van der Waals surface area contributed by atoms with Crippen molar-refractivity contribution < 1.29 is 9.50 Å². The molecule has 2 rings (SSSR count). The SMILES string of the molecule is NCC1CCCN(Cc2cc(F)ccc2O)C1. The van der Waals surface area contributed by atoms with Crippen molar-refractivity contribution >= 4 is 0 Å². The summed E-state index contributed by atoms with van der Waals surface area (Å²) in [5.74, 6) is 0.394. The van der Waals surface area contributed by atoms with Crippen LogP contribution in [0.25, 0.3) is 0 Å². The summed E-state index contributed by atoms with van der Waals surface area (Å²) >= 11 is 0. The third-order valence-electron chi connectivity index (χ3n) is 3.37. The molecule has 1 aromatic carbocycles. The summed E-state index contributed by atoms with van der Waals surface area (Å²) < 4.78 is 13.1. The van der Waals surface area contributed by atoms with E-state index in [0.29, 0.717) is 24.6 Å². The first-order chi connectivity index (χ1) is 8.19. The van der Waals surface area contributed by atoms with Crippen LogP contribution in [0.3, 0.4) is 0 Å². The molecule has 1 heterocycles. The predicted molar refractivity (Wildman–Crippen MR) is 65.1 cm³/mol. The summed E-state index contributed by atoms with van der Waals surface area (Å²) in [6.07, 6.45) is 2.29. The van der Waals surface area contributed by atoms with E-state index in [1.807, 2.05) is 0 Å². The zero-order valence-electron chi connectivity index (χ0n) is 9.90. The fourth-order valence-electron chi connectivity index (χ4n) is 2.41.